The molecule has 1 aromatic heterocycles. The van der Waals surface area contributed by atoms with E-state index in [1.807, 2.05) is 24.3 Å². The van der Waals surface area contributed by atoms with Crippen molar-refractivity contribution in [1.82, 2.24) is 9.97 Å². The first-order chi connectivity index (χ1) is 11.7. The molecule has 0 atom stereocenters. The molecule has 4 heteroatoms. The van der Waals surface area contributed by atoms with Crippen LogP contribution in [0.5, 0.6) is 0 Å². The van der Waals surface area contributed by atoms with Crippen molar-refractivity contribution in [2.45, 2.75) is 0 Å². The molecule has 0 amide bonds. The fraction of sp³-hybridized carbons (Fsp3) is 0. The Morgan fingerprint density at radius 1 is 0.583 bits per heavy atom. The van der Waals surface area contributed by atoms with E-state index in [-0.39, 0.29) is 0 Å². The molecule has 4 aromatic carbocycles. The highest BCUT2D eigenvalue weighted by molar-refractivity contribution is 6.38. The van der Waals surface area contributed by atoms with E-state index in [0.717, 1.165) is 21.8 Å². The van der Waals surface area contributed by atoms with Crippen LogP contribution in [0.4, 0.5) is 0 Å². The van der Waals surface area contributed by atoms with Gasteiger partial charge in [-0.15, -0.1) is 0 Å². The van der Waals surface area contributed by atoms with Gasteiger partial charge in [0.2, 0.25) is 0 Å². The van der Waals surface area contributed by atoms with Gasteiger partial charge in [0.15, 0.2) is 0 Å². The van der Waals surface area contributed by atoms with Crippen LogP contribution >= 0.6 is 23.2 Å². The molecule has 0 unspecified atom stereocenters. The zero-order valence-electron chi connectivity index (χ0n) is 12.4. The summed E-state index contributed by atoms with van der Waals surface area (Å²) in [6, 6.07) is 20.0. The van der Waals surface area contributed by atoms with Gasteiger partial charge in [0.05, 0.1) is 21.6 Å². The first-order valence-corrected chi connectivity index (χ1v) is 8.34. The molecule has 0 fully saturated rings. The maximum absolute atomic E-state index is 6.35. The predicted molar refractivity (Wildman–Crippen MR) is 102 cm³/mol. The maximum atomic E-state index is 6.35. The van der Waals surface area contributed by atoms with Gasteiger partial charge in [-0.25, -0.2) is 9.97 Å². The number of nitrogens with zero attached hydrogens (tertiary/aromatic N) is 2. The first kappa shape index (κ1) is 14.0. The van der Waals surface area contributed by atoms with Crippen LogP contribution in [0.1, 0.15) is 0 Å². The maximum Gasteiger partial charge on any atom is 0.108 e. The number of halogens is 2. The monoisotopic (exact) mass is 348 g/mol. The molecule has 0 bridgehead atoms. The second-order valence-corrected chi connectivity index (χ2v) is 6.61. The van der Waals surface area contributed by atoms with Crippen LogP contribution in [-0.4, -0.2) is 9.97 Å². The molecule has 0 aliphatic heterocycles. The summed E-state index contributed by atoms with van der Waals surface area (Å²) in [5.74, 6) is 0. The van der Waals surface area contributed by atoms with E-state index in [9.17, 15) is 0 Å². The molecule has 0 saturated heterocycles. The fourth-order valence-corrected chi connectivity index (χ4v) is 3.84. The average molecular weight is 349 g/mol. The van der Waals surface area contributed by atoms with Crippen molar-refractivity contribution in [3.05, 3.63) is 70.7 Å². The summed E-state index contributed by atoms with van der Waals surface area (Å²) < 4.78 is 0. The summed E-state index contributed by atoms with van der Waals surface area (Å²) in [5, 5.41) is 5.57. The molecule has 0 aliphatic carbocycles. The predicted octanol–water partition coefficient (Wildman–Crippen LogP) is 6.40. The minimum absolute atomic E-state index is 0.518. The Bertz CT molecular complexity index is 1280. The minimum Gasteiger partial charge on any atom is -0.244 e. The molecule has 24 heavy (non-hydrogen) atoms. The van der Waals surface area contributed by atoms with Crippen molar-refractivity contribution >= 4 is 66.8 Å². The summed E-state index contributed by atoms with van der Waals surface area (Å²) in [7, 11) is 0. The Morgan fingerprint density at radius 2 is 1.12 bits per heavy atom. The number of benzene rings is 4. The van der Waals surface area contributed by atoms with Crippen LogP contribution in [0.3, 0.4) is 0 Å². The van der Waals surface area contributed by atoms with Gasteiger partial charge < -0.3 is 0 Å². The molecule has 2 nitrogen and oxygen atoms in total. The third-order valence-corrected chi connectivity index (χ3v) is 4.85. The van der Waals surface area contributed by atoms with Crippen molar-refractivity contribution in [3.8, 4) is 0 Å². The van der Waals surface area contributed by atoms with Crippen LogP contribution in [0.25, 0.3) is 43.6 Å². The molecule has 0 spiro atoms. The lowest BCUT2D eigenvalue weighted by atomic mass is 9.99. The van der Waals surface area contributed by atoms with E-state index in [2.05, 4.69) is 24.3 Å². The Kier molecular flexibility index (Phi) is 2.93. The molecule has 5 rings (SSSR count). The average Bonchev–Trinajstić information content (AvgIpc) is 2.61. The molecule has 0 N–H and O–H groups in total. The number of aromatic nitrogens is 2. The highest BCUT2D eigenvalue weighted by Crippen LogP contribution is 2.35. The SMILES string of the molecule is Clc1cc(Cl)c2nc3c4ccccc4c4ccccc4c3nc2c1. The largest absolute Gasteiger partial charge is 0.244 e. The van der Waals surface area contributed by atoms with E-state index >= 15 is 0 Å². The van der Waals surface area contributed by atoms with Crippen molar-refractivity contribution < 1.29 is 0 Å². The Balaban J connectivity index is 2.14. The van der Waals surface area contributed by atoms with Gasteiger partial charge in [-0.05, 0) is 22.9 Å². The van der Waals surface area contributed by atoms with E-state index < -0.39 is 0 Å². The second-order valence-electron chi connectivity index (χ2n) is 5.77. The number of hydrogen-bond donors (Lipinski definition) is 0. The van der Waals surface area contributed by atoms with Crippen LogP contribution < -0.4 is 0 Å². The van der Waals surface area contributed by atoms with Crippen LogP contribution in [-0.2, 0) is 0 Å². The van der Waals surface area contributed by atoms with Gasteiger partial charge in [0.1, 0.15) is 5.52 Å². The molecule has 0 radical (unpaired) electrons. The topological polar surface area (TPSA) is 25.8 Å². The molecular weight excluding hydrogens is 339 g/mol. The zero-order valence-corrected chi connectivity index (χ0v) is 13.9. The van der Waals surface area contributed by atoms with E-state index in [4.69, 9.17) is 33.2 Å². The third kappa shape index (κ3) is 1.90. The van der Waals surface area contributed by atoms with Crippen LogP contribution in [0.15, 0.2) is 60.7 Å². The molecule has 1 heterocycles. The van der Waals surface area contributed by atoms with E-state index in [1.54, 1.807) is 12.1 Å². The minimum atomic E-state index is 0.518. The zero-order chi connectivity index (χ0) is 16.3. The Hall–Kier alpha value is -2.42. The van der Waals surface area contributed by atoms with Crippen LogP contribution in [0.2, 0.25) is 10.0 Å². The lowest BCUT2D eigenvalue weighted by molar-refractivity contribution is 1.42. The summed E-state index contributed by atoms with van der Waals surface area (Å²) in [6.07, 6.45) is 0. The highest BCUT2D eigenvalue weighted by Gasteiger charge is 2.13. The fourth-order valence-electron chi connectivity index (χ4n) is 3.31. The summed E-state index contributed by atoms with van der Waals surface area (Å²) in [5.41, 5.74) is 3.12. The molecule has 5 aromatic rings. The quantitative estimate of drug-likeness (QED) is 0.239. The summed E-state index contributed by atoms with van der Waals surface area (Å²) in [4.78, 5) is 9.69. The van der Waals surface area contributed by atoms with E-state index in [0.29, 0.717) is 21.1 Å². The summed E-state index contributed by atoms with van der Waals surface area (Å²) >= 11 is 12.5. The third-order valence-electron chi connectivity index (χ3n) is 4.34. The van der Waals surface area contributed by atoms with Crippen molar-refractivity contribution in [2.24, 2.45) is 0 Å². The highest BCUT2D eigenvalue weighted by atomic mass is 35.5. The van der Waals surface area contributed by atoms with Crippen molar-refractivity contribution in [3.63, 3.8) is 0 Å². The standard InChI is InChI=1S/C20H10Cl2N2/c21-11-9-16(22)20-17(10-11)23-18-14-7-3-1-5-12(14)13-6-2-4-8-15(13)19(18)24-20/h1-10H. The molecule has 0 aliphatic rings. The second kappa shape index (κ2) is 5.04. The number of fused-ring (bicyclic) bond motifs is 7. The van der Waals surface area contributed by atoms with Gasteiger partial charge in [-0.2, -0.15) is 0 Å². The smallest absolute Gasteiger partial charge is 0.108 e. The molecular formula is C20H10Cl2N2. The summed E-state index contributed by atoms with van der Waals surface area (Å²) in [6.45, 7) is 0. The lowest BCUT2D eigenvalue weighted by Gasteiger charge is -2.10. The molecule has 114 valence electrons. The van der Waals surface area contributed by atoms with Crippen molar-refractivity contribution in [2.75, 3.05) is 0 Å². The lowest BCUT2D eigenvalue weighted by Crippen LogP contribution is -1.92. The van der Waals surface area contributed by atoms with Gasteiger partial charge >= 0.3 is 0 Å². The van der Waals surface area contributed by atoms with Crippen LogP contribution in [0, 0.1) is 0 Å². The molecule has 0 saturated carbocycles. The van der Waals surface area contributed by atoms with Gasteiger partial charge in [0.25, 0.3) is 0 Å². The Labute approximate surface area is 147 Å². The number of hydrogen-bond acceptors (Lipinski definition) is 2. The van der Waals surface area contributed by atoms with Gasteiger partial charge in [0, 0.05) is 15.8 Å². The Morgan fingerprint density at radius 3 is 1.75 bits per heavy atom. The van der Waals surface area contributed by atoms with Gasteiger partial charge in [-0.1, -0.05) is 71.7 Å². The van der Waals surface area contributed by atoms with E-state index in [1.165, 1.54) is 10.8 Å². The normalized spacial score (nSPS) is 11.8. The van der Waals surface area contributed by atoms with Crippen molar-refractivity contribution in [1.29, 1.82) is 0 Å². The number of rotatable bonds is 0. The first-order valence-electron chi connectivity index (χ1n) is 7.58. The van der Waals surface area contributed by atoms with Gasteiger partial charge in [-0.3, -0.25) is 0 Å².